The number of rotatable bonds is 2. The first-order valence-corrected chi connectivity index (χ1v) is 8.73. The normalized spacial score (nSPS) is 17.0. The van der Waals surface area contributed by atoms with Crippen LogP contribution in [0.2, 0.25) is 0 Å². The molecule has 1 amide bonds. The molecule has 0 radical (unpaired) electrons. The van der Waals surface area contributed by atoms with Gasteiger partial charge in [0.15, 0.2) is 0 Å². The van der Waals surface area contributed by atoms with Crippen LogP contribution in [-0.2, 0) is 17.8 Å². The zero-order valence-electron chi connectivity index (χ0n) is 12.7. The van der Waals surface area contributed by atoms with Crippen molar-refractivity contribution in [3.8, 4) is 0 Å². The third kappa shape index (κ3) is 2.90. The van der Waals surface area contributed by atoms with E-state index in [1.807, 2.05) is 25.1 Å². The molecule has 1 aromatic heterocycles. The molecule has 0 saturated carbocycles. The van der Waals surface area contributed by atoms with Crippen molar-refractivity contribution in [2.45, 2.75) is 32.9 Å². The van der Waals surface area contributed by atoms with E-state index in [1.54, 1.807) is 6.92 Å². The van der Waals surface area contributed by atoms with Gasteiger partial charge in [0.05, 0.1) is 10.7 Å². The molecular weight excluding hydrogens is 380 g/mol. The lowest BCUT2D eigenvalue weighted by Crippen LogP contribution is -2.48. The fraction of sp³-hybridized carbons (Fsp3) is 0.312. The smallest absolute Gasteiger partial charge is 0.326 e. The maximum absolute atomic E-state index is 12.9. The third-order valence-electron chi connectivity index (χ3n) is 3.97. The second-order valence-corrected chi connectivity index (χ2v) is 7.57. The summed E-state index contributed by atoms with van der Waals surface area (Å²) in [4.78, 5) is 30.8. The standard InChI is InChI=1S/C16H15BrN2O3S/c1-8-14(23-9(2)18-8)15(20)19-7-10-4-3-5-12(17)11(10)6-13(19)16(21)22/h3-5,13H,6-7H2,1-2H3,(H,21,22). The number of benzene rings is 1. The molecule has 120 valence electrons. The van der Waals surface area contributed by atoms with Gasteiger partial charge in [0.1, 0.15) is 10.9 Å². The average Bonchev–Trinajstić information content (AvgIpc) is 2.84. The molecule has 1 atom stereocenters. The Hall–Kier alpha value is -1.73. The van der Waals surface area contributed by atoms with Gasteiger partial charge in [-0.3, -0.25) is 4.79 Å². The maximum Gasteiger partial charge on any atom is 0.326 e. The second kappa shape index (κ2) is 6.05. The van der Waals surface area contributed by atoms with Crippen LogP contribution >= 0.6 is 27.3 Å². The summed E-state index contributed by atoms with van der Waals surface area (Å²) in [7, 11) is 0. The number of carboxylic acid groups (broad SMARTS) is 1. The second-order valence-electron chi connectivity index (χ2n) is 5.52. The molecule has 0 saturated heterocycles. The summed E-state index contributed by atoms with van der Waals surface area (Å²) < 4.78 is 0.887. The van der Waals surface area contributed by atoms with Crippen molar-refractivity contribution < 1.29 is 14.7 Å². The third-order valence-corrected chi connectivity index (χ3v) is 5.78. The van der Waals surface area contributed by atoms with Crippen LogP contribution in [0.4, 0.5) is 0 Å². The molecule has 1 N–H and O–H groups in total. The van der Waals surface area contributed by atoms with Crippen molar-refractivity contribution in [2.24, 2.45) is 0 Å². The van der Waals surface area contributed by atoms with Gasteiger partial charge in [-0.2, -0.15) is 0 Å². The first-order chi connectivity index (χ1) is 10.9. The van der Waals surface area contributed by atoms with Crippen molar-refractivity contribution in [1.29, 1.82) is 0 Å². The average molecular weight is 395 g/mol. The predicted octanol–water partition coefficient (Wildman–Crippen LogP) is 3.17. The SMILES string of the molecule is Cc1nc(C)c(C(=O)N2Cc3cccc(Br)c3CC2C(=O)O)s1. The van der Waals surface area contributed by atoms with Crippen LogP contribution < -0.4 is 0 Å². The van der Waals surface area contributed by atoms with Gasteiger partial charge >= 0.3 is 5.97 Å². The summed E-state index contributed by atoms with van der Waals surface area (Å²) in [6.45, 7) is 3.91. The number of aliphatic carboxylic acids is 1. The molecule has 2 heterocycles. The highest BCUT2D eigenvalue weighted by Gasteiger charge is 2.36. The van der Waals surface area contributed by atoms with E-state index in [-0.39, 0.29) is 5.91 Å². The van der Waals surface area contributed by atoms with E-state index in [0.717, 1.165) is 20.6 Å². The quantitative estimate of drug-likeness (QED) is 0.848. The highest BCUT2D eigenvalue weighted by atomic mass is 79.9. The highest BCUT2D eigenvalue weighted by Crippen LogP contribution is 2.31. The van der Waals surface area contributed by atoms with E-state index in [4.69, 9.17) is 0 Å². The molecule has 0 bridgehead atoms. The minimum absolute atomic E-state index is 0.258. The largest absolute Gasteiger partial charge is 0.480 e. The molecule has 1 aliphatic rings. The van der Waals surface area contributed by atoms with Crippen LogP contribution in [0, 0.1) is 13.8 Å². The number of carboxylic acids is 1. The van der Waals surface area contributed by atoms with Gasteiger partial charge in [-0.15, -0.1) is 11.3 Å². The Balaban J connectivity index is 2.01. The van der Waals surface area contributed by atoms with Crippen LogP contribution in [-0.4, -0.2) is 32.9 Å². The molecule has 1 unspecified atom stereocenters. The molecule has 0 spiro atoms. The Kier molecular flexibility index (Phi) is 4.25. The first kappa shape index (κ1) is 16.1. The van der Waals surface area contributed by atoms with Crippen molar-refractivity contribution in [2.75, 3.05) is 0 Å². The number of aryl methyl sites for hydroxylation is 2. The molecule has 0 fully saturated rings. The van der Waals surface area contributed by atoms with E-state index in [9.17, 15) is 14.7 Å². The Morgan fingerprint density at radius 2 is 2.13 bits per heavy atom. The van der Waals surface area contributed by atoms with Gasteiger partial charge in [0.2, 0.25) is 0 Å². The van der Waals surface area contributed by atoms with Crippen LogP contribution in [0.25, 0.3) is 0 Å². The summed E-state index contributed by atoms with van der Waals surface area (Å²) in [6.07, 6.45) is 0.300. The molecule has 2 aromatic rings. The van der Waals surface area contributed by atoms with Gasteiger partial charge in [-0.1, -0.05) is 28.1 Å². The van der Waals surface area contributed by atoms with Gasteiger partial charge in [-0.05, 0) is 31.0 Å². The van der Waals surface area contributed by atoms with Gasteiger partial charge in [-0.25, -0.2) is 9.78 Å². The number of amides is 1. The summed E-state index contributed by atoms with van der Waals surface area (Å²) in [5.41, 5.74) is 2.59. The molecule has 3 rings (SSSR count). The number of halogens is 1. The number of fused-ring (bicyclic) bond motifs is 1. The Morgan fingerprint density at radius 3 is 2.74 bits per heavy atom. The Morgan fingerprint density at radius 1 is 1.39 bits per heavy atom. The molecule has 23 heavy (non-hydrogen) atoms. The zero-order chi connectivity index (χ0) is 16.7. The monoisotopic (exact) mass is 394 g/mol. The number of hydrogen-bond donors (Lipinski definition) is 1. The van der Waals surface area contributed by atoms with Gasteiger partial charge in [0.25, 0.3) is 5.91 Å². The van der Waals surface area contributed by atoms with Crippen molar-refractivity contribution in [3.05, 3.63) is 49.4 Å². The van der Waals surface area contributed by atoms with E-state index in [2.05, 4.69) is 20.9 Å². The van der Waals surface area contributed by atoms with Crippen molar-refractivity contribution >= 4 is 39.1 Å². The maximum atomic E-state index is 12.9. The van der Waals surface area contributed by atoms with Crippen LogP contribution in [0.5, 0.6) is 0 Å². The fourth-order valence-electron chi connectivity index (χ4n) is 2.87. The number of carbonyl (C=O) groups is 2. The molecule has 0 aliphatic carbocycles. The van der Waals surface area contributed by atoms with E-state index >= 15 is 0 Å². The highest BCUT2D eigenvalue weighted by molar-refractivity contribution is 9.10. The summed E-state index contributed by atoms with van der Waals surface area (Å²) >= 11 is 4.78. The van der Waals surface area contributed by atoms with Gasteiger partial charge < -0.3 is 10.0 Å². The van der Waals surface area contributed by atoms with Crippen LogP contribution in [0.15, 0.2) is 22.7 Å². The summed E-state index contributed by atoms with van der Waals surface area (Å²) in [5.74, 6) is -1.25. The van der Waals surface area contributed by atoms with E-state index in [1.165, 1.54) is 16.2 Å². The van der Waals surface area contributed by atoms with E-state index < -0.39 is 12.0 Å². The Bertz CT molecular complexity index is 803. The summed E-state index contributed by atoms with van der Waals surface area (Å²) in [5, 5.41) is 10.4. The number of nitrogens with zero attached hydrogens (tertiary/aromatic N) is 2. The number of carbonyl (C=O) groups excluding carboxylic acids is 1. The van der Waals surface area contributed by atoms with Crippen molar-refractivity contribution in [3.63, 3.8) is 0 Å². The lowest BCUT2D eigenvalue weighted by atomic mass is 9.93. The first-order valence-electron chi connectivity index (χ1n) is 7.12. The topological polar surface area (TPSA) is 70.5 Å². The predicted molar refractivity (Wildman–Crippen MR) is 90.7 cm³/mol. The van der Waals surface area contributed by atoms with Gasteiger partial charge in [0, 0.05) is 17.4 Å². The minimum Gasteiger partial charge on any atom is -0.480 e. The lowest BCUT2D eigenvalue weighted by Gasteiger charge is -2.34. The number of thiazole rings is 1. The lowest BCUT2D eigenvalue weighted by molar-refractivity contribution is -0.142. The molecule has 5 nitrogen and oxygen atoms in total. The molecule has 1 aromatic carbocycles. The minimum atomic E-state index is -0.987. The molecular formula is C16H15BrN2O3S. The number of hydrogen-bond acceptors (Lipinski definition) is 4. The number of aromatic nitrogens is 1. The van der Waals surface area contributed by atoms with E-state index in [0.29, 0.717) is 23.5 Å². The van der Waals surface area contributed by atoms with Crippen LogP contribution in [0.1, 0.15) is 31.5 Å². The molecule has 7 heteroatoms. The zero-order valence-corrected chi connectivity index (χ0v) is 15.1. The summed E-state index contributed by atoms with van der Waals surface area (Å²) in [6, 6.07) is 4.86. The fourth-order valence-corrected chi connectivity index (χ4v) is 4.32. The molecule has 1 aliphatic heterocycles. The van der Waals surface area contributed by atoms with Crippen molar-refractivity contribution in [1.82, 2.24) is 9.88 Å². The Labute approximate surface area is 146 Å². The van der Waals surface area contributed by atoms with Crippen LogP contribution in [0.3, 0.4) is 0 Å².